The predicted octanol–water partition coefficient (Wildman–Crippen LogP) is 5.62. The van der Waals surface area contributed by atoms with Gasteiger partial charge in [-0.25, -0.2) is 0 Å². The molecule has 4 aromatic carbocycles. The first-order valence-corrected chi connectivity index (χ1v) is 13.4. The molecule has 1 aromatic heterocycles. The smallest absolute Gasteiger partial charge is 0.0964 e. The molecule has 1 heterocycles. The highest BCUT2D eigenvalue weighted by Crippen LogP contribution is 2.24. The van der Waals surface area contributed by atoms with E-state index in [4.69, 9.17) is 0 Å². The molecule has 0 spiro atoms. The second-order valence-corrected chi connectivity index (χ2v) is 9.56. The second-order valence-electron chi connectivity index (χ2n) is 9.56. The first kappa shape index (κ1) is 25.6. The molecule has 0 aliphatic heterocycles. The number of hydrogen-bond donors (Lipinski definition) is 2. The summed E-state index contributed by atoms with van der Waals surface area (Å²) in [6, 6.07) is 42.7. The molecule has 5 aromatic rings. The van der Waals surface area contributed by atoms with E-state index in [0.29, 0.717) is 18.4 Å². The zero-order valence-corrected chi connectivity index (χ0v) is 21.7. The van der Waals surface area contributed by atoms with Crippen LogP contribution in [0.1, 0.15) is 39.8 Å². The molecule has 5 nitrogen and oxygen atoms in total. The monoisotopic (exact) mass is 501 g/mol. The van der Waals surface area contributed by atoms with Crippen LogP contribution in [0.25, 0.3) is 0 Å². The van der Waals surface area contributed by atoms with Gasteiger partial charge in [0.2, 0.25) is 0 Å². The highest BCUT2D eigenvalue weighted by molar-refractivity contribution is 5.34. The Balaban J connectivity index is 1.11. The van der Waals surface area contributed by atoms with Gasteiger partial charge < -0.3 is 10.6 Å². The van der Waals surface area contributed by atoms with Crippen LogP contribution in [0.4, 0.5) is 0 Å². The summed E-state index contributed by atoms with van der Waals surface area (Å²) < 4.78 is 1.93. The van der Waals surface area contributed by atoms with Crippen LogP contribution in [0, 0.1) is 0 Å². The summed E-state index contributed by atoms with van der Waals surface area (Å²) in [4.78, 5) is 0. The average molecular weight is 502 g/mol. The van der Waals surface area contributed by atoms with Gasteiger partial charge in [-0.2, -0.15) is 0 Å². The summed E-state index contributed by atoms with van der Waals surface area (Å²) >= 11 is 0. The van der Waals surface area contributed by atoms with Crippen molar-refractivity contribution in [3.63, 3.8) is 0 Å². The fourth-order valence-corrected chi connectivity index (χ4v) is 4.91. The Morgan fingerprint density at radius 3 is 1.42 bits per heavy atom. The highest BCUT2D eigenvalue weighted by Gasteiger charge is 2.15. The van der Waals surface area contributed by atoms with Crippen LogP contribution < -0.4 is 10.6 Å². The molecular weight excluding hydrogens is 466 g/mol. The minimum atomic E-state index is 0.291. The van der Waals surface area contributed by atoms with Crippen LogP contribution in [0.2, 0.25) is 0 Å². The van der Waals surface area contributed by atoms with Gasteiger partial charge in [-0.3, -0.25) is 4.68 Å². The molecule has 5 heteroatoms. The molecular formula is C33H35N5. The van der Waals surface area contributed by atoms with Crippen LogP contribution >= 0.6 is 0 Å². The predicted molar refractivity (Wildman–Crippen MR) is 154 cm³/mol. The van der Waals surface area contributed by atoms with Gasteiger partial charge in [-0.05, 0) is 22.3 Å². The van der Waals surface area contributed by atoms with Crippen molar-refractivity contribution in [2.24, 2.45) is 0 Å². The molecule has 0 amide bonds. The van der Waals surface area contributed by atoms with E-state index in [1.807, 2.05) is 10.9 Å². The van der Waals surface area contributed by atoms with Crippen LogP contribution in [0.3, 0.4) is 0 Å². The number of nitrogens with one attached hydrogen (secondary N) is 2. The molecule has 0 atom stereocenters. The molecule has 0 saturated heterocycles. The largest absolute Gasteiger partial charge is 0.314 e. The number of rotatable bonds is 13. The standard InChI is InChI=1S/C33H35N5/c1-5-13-27(14-6-1)32(28-15-7-2-8-16-28)24-34-21-22-38-26-31(36-37-38)23-35-25-33(29-17-9-3-10-18-29)30-19-11-4-12-20-30/h1-20,26,32-35H,21-25H2. The van der Waals surface area contributed by atoms with Crippen LogP contribution in [-0.2, 0) is 13.1 Å². The highest BCUT2D eigenvalue weighted by atomic mass is 15.4. The molecule has 38 heavy (non-hydrogen) atoms. The molecule has 0 aliphatic rings. The third-order valence-electron chi connectivity index (χ3n) is 6.91. The van der Waals surface area contributed by atoms with E-state index in [0.717, 1.165) is 31.9 Å². The van der Waals surface area contributed by atoms with Crippen molar-refractivity contribution >= 4 is 0 Å². The summed E-state index contributed by atoms with van der Waals surface area (Å²) in [5.74, 6) is 0.605. The van der Waals surface area contributed by atoms with Crippen molar-refractivity contribution in [1.29, 1.82) is 0 Å². The minimum absolute atomic E-state index is 0.291. The normalized spacial score (nSPS) is 11.3. The van der Waals surface area contributed by atoms with Crippen molar-refractivity contribution in [2.75, 3.05) is 19.6 Å². The zero-order chi connectivity index (χ0) is 25.8. The SMILES string of the molecule is c1ccc(C(CNCCn2cc(CNCC(c3ccccc3)c3ccccc3)nn2)c2ccccc2)cc1. The molecule has 2 N–H and O–H groups in total. The summed E-state index contributed by atoms with van der Waals surface area (Å²) in [5.41, 5.74) is 6.22. The Morgan fingerprint density at radius 1 is 0.553 bits per heavy atom. The molecule has 0 saturated carbocycles. The van der Waals surface area contributed by atoms with Gasteiger partial charge in [0.05, 0.1) is 12.2 Å². The van der Waals surface area contributed by atoms with Gasteiger partial charge >= 0.3 is 0 Å². The molecule has 0 radical (unpaired) electrons. The third-order valence-corrected chi connectivity index (χ3v) is 6.91. The number of nitrogens with zero attached hydrogens (tertiary/aromatic N) is 3. The lowest BCUT2D eigenvalue weighted by atomic mass is 9.91. The van der Waals surface area contributed by atoms with Crippen LogP contribution in [0.15, 0.2) is 128 Å². The number of hydrogen-bond acceptors (Lipinski definition) is 4. The van der Waals surface area contributed by atoms with E-state index in [1.165, 1.54) is 22.3 Å². The van der Waals surface area contributed by atoms with Crippen molar-refractivity contribution in [1.82, 2.24) is 25.6 Å². The Morgan fingerprint density at radius 2 is 0.974 bits per heavy atom. The van der Waals surface area contributed by atoms with E-state index in [9.17, 15) is 0 Å². The Kier molecular flexibility index (Phi) is 9.07. The summed E-state index contributed by atoms with van der Waals surface area (Å²) in [6.45, 7) is 4.00. The first-order chi connectivity index (χ1) is 18.9. The number of aromatic nitrogens is 3. The van der Waals surface area contributed by atoms with Gasteiger partial charge in [-0.1, -0.05) is 127 Å². The first-order valence-electron chi connectivity index (χ1n) is 13.4. The average Bonchev–Trinajstić information content (AvgIpc) is 3.45. The van der Waals surface area contributed by atoms with Crippen molar-refractivity contribution in [3.05, 3.63) is 155 Å². The summed E-state index contributed by atoms with van der Waals surface area (Å²) in [5, 5.41) is 16.0. The molecule has 0 fully saturated rings. The van der Waals surface area contributed by atoms with E-state index in [-0.39, 0.29) is 0 Å². The Hall–Kier alpha value is -4.06. The maximum Gasteiger partial charge on any atom is 0.0964 e. The van der Waals surface area contributed by atoms with Gasteiger partial charge in [0, 0.05) is 44.2 Å². The fourth-order valence-electron chi connectivity index (χ4n) is 4.91. The molecule has 5 rings (SSSR count). The van der Waals surface area contributed by atoms with E-state index >= 15 is 0 Å². The quantitative estimate of drug-likeness (QED) is 0.206. The maximum atomic E-state index is 4.39. The molecule has 192 valence electrons. The van der Waals surface area contributed by atoms with E-state index < -0.39 is 0 Å². The maximum absolute atomic E-state index is 4.39. The lowest BCUT2D eigenvalue weighted by Gasteiger charge is -2.19. The van der Waals surface area contributed by atoms with Gasteiger partial charge in [0.25, 0.3) is 0 Å². The third kappa shape index (κ3) is 7.03. The second kappa shape index (κ2) is 13.5. The van der Waals surface area contributed by atoms with Crippen molar-refractivity contribution in [3.8, 4) is 0 Å². The molecule has 0 unspecified atom stereocenters. The number of benzene rings is 4. The Labute approximate surface area is 225 Å². The van der Waals surface area contributed by atoms with Crippen LogP contribution in [0.5, 0.6) is 0 Å². The summed E-state index contributed by atoms with van der Waals surface area (Å²) in [7, 11) is 0. The molecule has 0 aliphatic carbocycles. The fraction of sp³-hybridized carbons (Fsp3) is 0.212. The van der Waals surface area contributed by atoms with Gasteiger partial charge in [0.15, 0.2) is 0 Å². The summed E-state index contributed by atoms with van der Waals surface area (Å²) in [6.07, 6.45) is 2.04. The van der Waals surface area contributed by atoms with Crippen molar-refractivity contribution < 1.29 is 0 Å². The van der Waals surface area contributed by atoms with Crippen LogP contribution in [-0.4, -0.2) is 34.6 Å². The van der Waals surface area contributed by atoms with E-state index in [1.54, 1.807) is 0 Å². The molecule has 0 bridgehead atoms. The zero-order valence-electron chi connectivity index (χ0n) is 21.7. The van der Waals surface area contributed by atoms with Gasteiger partial charge in [-0.15, -0.1) is 5.10 Å². The lowest BCUT2D eigenvalue weighted by Crippen LogP contribution is -2.26. The van der Waals surface area contributed by atoms with Crippen molar-refractivity contribution in [2.45, 2.75) is 24.9 Å². The Bertz CT molecular complexity index is 1260. The van der Waals surface area contributed by atoms with Gasteiger partial charge in [0.1, 0.15) is 0 Å². The minimum Gasteiger partial charge on any atom is -0.314 e. The van der Waals surface area contributed by atoms with E-state index in [2.05, 4.69) is 142 Å². The topological polar surface area (TPSA) is 54.8 Å². The lowest BCUT2D eigenvalue weighted by molar-refractivity contribution is 0.530.